The van der Waals surface area contributed by atoms with Crippen molar-refractivity contribution in [3.8, 4) is 0 Å². The van der Waals surface area contributed by atoms with E-state index in [0.29, 0.717) is 23.1 Å². The van der Waals surface area contributed by atoms with E-state index in [1.165, 1.54) is 23.9 Å². The molecule has 0 unspecified atom stereocenters. The molecule has 140 valence electrons. The van der Waals surface area contributed by atoms with Crippen LogP contribution in [-0.2, 0) is 18.8 Å². The van der Waals surface area contributed by atoms with E-state index in [1.54, 1.807) is 12.1 Å². The molecule has 2 aromatic carbocycles. The molecule has 0 spiro atoms. The summed E-state index contributed by atoms with van der Waals surface area (Å²) in [6.45, 7) is 2.80. The molecule has 27 heavy (non-hydrogen) atoms. The monoisotopic (exact) mass is 404 g/mol. The molecule has 8 heteroatoms. The van der Waals surface area contributed by atoms with Crippen molar-refractivity contribution in [1.82, 2.24) is 20.1 Å². The highest BCUT2D eigenvalue weighted by molar-refractivity contribution is 7.98. The van der Waals surface area contributed by atoms with Crippen molar-refractivity contribution in [2.24, 2.45) is 0 Å². The summed E-state index contributed by atoms with van der Waals surface area (Å²) in [5.41, 5.74) is 1.03. The summed E-state index contributed by atoms with van der Waals surface area (Å²) >= 11 is 7.72. The topological polar surface area (TPSA) is 59.8 Å². The molecule has 0 aliphatic rings. The van der Waals surface area contributed by atoms with E-state index < -0.39 is 11.7 Å². The number of aromatic nitrogens is 3. The van der Waals surface area contributed by atoms with E-state index in [0.717, 1.165) is 10.7 Å². The second kappa shape index (κ2) is 9.01. The standard InChI is InChI=1S/C19H18ClFN4OS/c1-2-25-17(11-22-18(26)14-8-4-6-10-16(14)21)23-24-19(25)27-12-13-7-3-5-9-15(13)20/h3-10H,2,11-12H2,1H3,(H,22,26). The van der Waals surface area contributed by atoms with Crippen LogP contribution in [0.1, 0.15) is 28.7 Å². The molecule has 0 radical (unpaired) electrons. The first-order chi connectivity index (χ1) is 13.1. The molecule has 1 amide bonds. The molecule has 0 bridgehead atoms. The molecule has 0 fully saturated rings. The van der Waals surface area contributed by atoms with Gasteiger partial charge < -0.3 is 9.88 Å². The summed E-state index contributed by atoms with van der Waals surface area (Å²) in [6.07, 6.45) is 0. The average molecular weight is 405 g/mol. The van der Waals surface area contributed by atoms with Gasteiger partial charge in [0.2, 0.25) is 0 Å². The summed E-state index contributed by atoms with van der Waals surface area (Å²) in [5, 5.41) is 12.5. The Morgan fingerprint density at radius 2 is 1.93 bits per heavy atom. The summed E-state index contributed by atoms with van der Waals surface area (Å²) in [7, 11) is 0. The number of nitrogens with zero attached hydrogens (tertiary/aromatic N) is 3. The van der Waals surface area contributed by atoms with Gasteiger partial charge in [0.1, 0.15) is 5.82 Å². The van der Waals surface area contributed by atoms with E-state index in [-0.39, 0.29) is 12.1 Å². The van der Waals surface area contributed by atoms with Gasteiger partial charge in [-0.15, -0.1) is 10.2 Å². The summed E-state index contributed by atoms with van der Waals surface area (Å²) in [5.74, 6) is 0.246. The molecular formula is C19H18ClFN4OS. The number of carbonyl (C=O) groups is 1. The van der Waals surface area contributed by atoms with E-state index >= 15 is 0 Å². The van der Waals surface area contributed by atoms with Crippen LogP contribution in [0.5, 0.6) is 0 Å². The molecule has 1 aromatic heterocycles. The predicted molar refractivity (Wildman–Crippen MR) is 104 cm³/mol. The van der Waals surface area contributed by atoms with Crippen molar-refractivity contribution in [1.29, 1.82) is 0 Å². The lowest BCUT2D eigenvalue weighted by atomic mass is 10.2. The molecular weight excluding hydrogens is 387 g/mol. The van der Waals surface area contributed by atoms with Crippen LogP contribution in [0.4, 0.5) is 4.39 Å². The van der Waals surface area contributed by atoms with Crippen molar-refractivity contribution in [2.45, 2.75) is 30.9 Å². The van der Waals surface area contributed by atoms with Crippen molar-refractivity contribution in [2.75, 3.05) is 0 Å². The van der Waals surface area contributed by atoms with Crippen LogP contribution < -0.4 is 5.32 Å². The van der Waals surface area contributed by atoms with E-state index in [2.05, 4.69) is 15.5 Å². The van der Waals surface area contributed by atoms with Crippen molar-refractivity contribution >= 4 is 29.3 Å². The van der Waals surface area contributed by atoms with Gasteiger partial charge in [0.05, 0.1) is 12.1 Å². The number of amides is 1. The van der Waals surface area contributed by atoms with Gasteiger partial charge in [-0.3, -0.25) is 4.79 Å². The van der Waals surface area contributed by atoms with E-state index in [4.69, 9.17) is 11.6 Å². The van der Waals surface area contributed by atoms with Gasteiger partial charge in [-0.05, 0) is 30.7 Å². The van der Waals surface area contributed by atoms with Crippen molar-refractivity contribution in [3.63, 3.8) is 0 Å². The maximum atomic E-state index is 13.7. The minimum absolute atomic E-state index is 0.00776. The lowest BCUT2D eigenvalue weighted by molar-refractivity contribution is 0.0945. The Labute approximate surface area is 166 Å². The van der Waals surface area contributed by atoms with Gasteiger partial charge in [-0.1, -0.05) is 53.7 Å². The van der Waals surface area contributed by atoms with Crippen LogP contribution >= 0.6 is 23.4 Å². The van der Waals surface area contributed by atoms with Crippen LogP contribution in [0.15, 0.2) is 53.7 Å². The summed E-state index contributed by atoms with van der Waals surface area (Å²) < 4.78 is 15.6. The number of thioether (sulfide) groups is 1. The largest absolute Gasteiger partial charge is 0.345 e. The maximum absolute atomic E-state index is 13.7. The Bertz CT molecular complexity index is 947. The number of carbonyl (C=O) groups excluding carboxylic acids is 1. The molecule has 0 atom stereocenters. The van der Waals surface area contributed by atoms with Crippen molar-refractivity contribution in [3.05, 3.63) is 76.3 Å². The minimum atomic E-state index is -0.553. The minimum Gasteiger partial charge on any atom is -0.345 e. The lowest BCUT2D eigenvalue weighted by Crippen LogP contribution is -2.25. The maximum Gasteiger partial charge on any atom is 0.254 e. The fourth-order valence-corrected chi connectivity index (χ4v) is 3.84. The first-order valence-corrected chi connectivity index (χ1v) is 9.77. The van der Waals surface area contributed by atoms with Crippen LogP contribution in [-0.4, -0.2) is 20.7 Å². The Hall–Kier alpha value is -2.38. The first-order valence-electron chi connectivity index (χ1n) is 8.41. The third-order valence-electron chi connectivity index (χ3n) is 3.95. The lowest BCUT2D eigenvalue weighted by Gasteiger charge is -2.09. The number of rotatable bonds is 7. The SMILES string of the molecule is CCn1c(CNC(=O)c2ccccc2F)nnc1SCc1ccccc1Cl. The van der Waals surface area contributed by atoms with E-state index in [9.17, 15) is 9.18 Å². The number of hydrogen-bond acceptors (Lipinski definition) is 4. The molecule has 0 saturated carbocycles. The highest BCUT2D eigenvalue weighted by atomic mass is 35.5. The Morgan fingerprint density at radius 1 is 1.19 bits per heavy atom. The quantitative estimate of drug-likeness (QED) is 0.596. The van der Waals surface area contributed by atoms with Crippen LogP contribution in [0.3, 0.4) is 0 Å². The molecule has 0 saturated heterocycles. The van der Waals surface area contributed by atoms with Crippen molar-refractivity contribution < 1.29 is 9.18 Å². The fraction of sp³-hybridized carbons (Fsp3) is 0.211. The van der Waals surface area contributed by atoms with Gasteiger partial charge in [0, 0.05) is 17.3 Å². The van der Waals surface area contributed by atoms with Gasteiger partial charge >= 0.3 is 0 Å². The Morgan fingerprint density at radius 3 is 2.67 bits per heavy atom. The number of hydrogen-bond donors (Lipinski definition) is 1. The average Bonchev–Trinajstić information content (AvgIpc) is 3.07. The second-order valence-electron chi connectivity index (χ2n) is 5.69. The first kappa shape index (κ1) is 19.4. The molecule has 0 aliphatic carbocycles. The Kier molecular flexibility index (Phi) is 6.47. The Balaban J connectivity index is 1.66. The zero-order chi connectivity index (χ0) is 19.2. The number of nitrogens with one attached hydrogen (secondary N) is 1. The number of halogens is 2. The van der Waals surface area contributed by atoms with Gasteiger partial charge in [-0.2, -0.15) is 0 Å². The van der Waals surface area contributed by atoms with Gasteiger partial charge in [0.25, 0.3) is 5.91 Å². The molecule has 5 nitrogen and oxygen atoms in total. The predicted octanol–water partition coefficient (Wildman–Crippen LogP) is 4.31. The zero-order valence-corrected chi connectivity index (χ0v) is 16.2. The third-order valence-corrected chi connectivity index (χ3v) is 5.33. The van der Waals surface area contributed by atoms with Gasteiger partial charge in [-0.25, -0.2) is 4.39 Å². The summed E-state index contributed by atoms with van der Waals surface area (Å²) in [6, 6.07) is 13.5. The number of benzene rings is 2. The van der Waals surface area contributed by atoms with Crippen LogP contribution in [0.2, 0.25) is 5.02 Å². The van der Waals surface area contributed by atoms with Crippen LogP contribution in [0, 0.1) is 5.82 Å². The molecule has 3 rings (SSSR count). The highest BCUT2D eigenvalue weighted by Crippen LogP contribution is 2.26. The van der Waals surface area contributed by atoms with Gasteiger partial charge in [0.15, 0.2) is 11.0 Å². The highest BCUT2D eigenvalue weighted by Gasteiger charge is 2.15. The molecule has 0 aliphatic heterocycles. The normalized spacial score (nSPS) is 10.8. The molecule has 3 aromatic rings. The smallest absolute Gasteiger partial charge is 0.254 e. The fourth-order valence-electron chi connectivity index (χ4n) is 2.53. The van der Waals surface area contributed by atoms with Crippen LogP contribution in [0.25, 0.3) is 0 Å². The second-order valence-corrected chi connectivity index (χ2v) is 7.04. The third kappa shape index (κ3) is 4.67. The molecule has 1 N–H and O–H groups in total. The zero-order valence-electron chi connectivity index (χ0n) is 14.7. The molecule has 1 heterocycles. The summed E-state index contributed by atoms with van der Waals surface area (Å²) in [4.78, 5) is 12.2. The van der Waals surface area contributed by atoms with E-state index in [1.807, 2.05) is 35.8 Å².